The number of rotatable bonds is 9. The summed E-state index contributed by atoms with van der Waals surface area (Å²) < 4.78 is 0. The van der Waals surface area contributed by atoms with Crippen molar-refractivity contribution in [2.45, 2.75) is 26.3 Å². The number of aryl methyl sites for hydroxylation is 1. The molecule has 0 bridgehead atoms. The SMILES string of the molecule is Cc1ccc(C(=O)CCC(=O)NCc2ccc(C(=O)NCC(N)=O)cc2)cc1. The van der Waals surface area contributed by atoms with Crippen molar-refractivity contribution in [3.8, 4) is 0 Å². The van der Waals surface area contributed by atoms with Gasteiger partial charge in [0, 0.05) is 30.5 Å². The third kappa shape index (κ3) is 6.68. The molecule has 0 aliphatic rings. The summed E-state index contributed by atoms with van der Waals surface area (Å²) >= 11 is 0. The van der Waals surface area contributed by atoms with Crippen molar-refractivity contribution in [1.29, 1.82) is 0 Å². The van der Waals surface area contributed by atoms with E-state index < -0.39 is 11.8 Å². The maximum Gasteiger partial charge on any atom is 0.251 e. The van der Waals surface area contributed by atoms with Gasteiger partial charge < -0.3 is 16.4 Å². The number of Topliss-reactive ketones (excluding diaryl/α,β-unsaturated/α-hetero) is 1. The third-order valence-corrected chi connectivity index (χ3v) is 4.08. The molecule has 0 aromatic heterocycles. The first-order valence-electron chi connectivity index (χ1n) is 8.87. The second-order valence-electron chi connectivity index (χ2n) is 6.41. The number of hydrogen-bond acceptors (Lipinski definition) is 4. The summed E-state index contributed by atoms with van der Waals surface area (Å²) in [5.74, 6) is -1.30. The average Bonchev–Trinajstić information content (AvgIpc) is 2.69. The van der Waals surface area contributed by atoms with Crippen molar-refractivity contribution >= 4 is 23.5 Å². The molecule has 146 valence electrons. The van der Waals surface area contributed by atoms with E-state index in [1.54, 1.807) is 36.4 Å². The summed E-state index contributed by atoms with van der Waals surface area (Å²) in [7, 11) is 0. The van der Waals surface area contributed by atoms with Crippen LogP contribution in [0, 0.1) is 6.92 Å². The molecule has 2 aromatic carbocycles. The minimum atomic E-state index is -0.617. The molecule has 28 heavy (non-hydrogen) atoms. The van der Waals surface area contributed by atoms with E-state index >= 15 is 0 Å². The summed E-state index contributed by atoms with van der Waals surface area (Å²) in [6, 6.07) is 13.9. The first-order chi connectivity index (χ1) is 13.3. The zero-order valence-corrected chi connectivity index (χ0v) is 15.7. The van der Waals surface area contributed by atoms with Gasteiger partial charge in [0.05, 0.1) is 6.54 Å². The zero-order valence-electron chi connectivity index (χ0n) is 15.7. The van der Waals surface area contributed by atoms with Crippen LogP contribution in [0.4, 0.5) is 0 Å². The van der Waals surface area contributed by atoms with Crippen molar-refractivity contribution in [3.05, 3.63) is 70.8 Å². The van der Waals surface area contributed by atoms with Crippen molar-refractivity contribution < 1.29 is 19.2 Å². The van der Waals surface area contributed by atoms with Crippen LogP contribution >= 0.6 is 0 Å². The standard InChI is InChI=1S/C21H23N3O4/c1-14-2-6-16(7-3-14)18(25)10-11-20(27)23-12-15-4-8-17(9-5-15)21(28)24-13-19(22)26/h2-9H,10-13H2,1H3,(H2,22,26)(H,23,27)(H,24,28). The van der Waals surface area contributed by atoms with E-state index in [4.69, 9.17) is 5.73 Å². The Balaban J connectivity index is 1.76. The van der Waals surface area contributed by atoms with Crippen LogP contribution in [0.5, 0.6) is 0 Å². The van der Waals surface area contributed by atoms with Crippen LogP contribution in [0.2, 0.25) is 0 Å². The Morgan fingerprint density at radius 2 is 1.43 bits per heavy atom. The lowest BCUT2D eigenvalue weighted by Gasteiger charge is -2.07. The van der Waals surface area contributed by atoms with Gasteiger partial charge in [-0.05, 0) is 24.6 Å². The lowest BCUT2D eigenvalue weighted by atomic mass is 10.0. The molecule has 2 rings (SSSR count). The number of primary amides is 1. The molecule has 0 heterocycles. The number of nitrogens with two attached hydrogens (primary N) is 1. The first kappa shape index (κ1) is 20.8. The summed E-state index contributed by atoms with van der Waals surface area (Å²) in [6.07, 6.45) is 0.258. The van der Waals surface area contributed by atoms with Gasteiger partial charge in [0.25, 0.3) is 5.91 Å². The normalized spacial score (nSPS) is 10.2. The van der Waals surface area contributed by atoms with Gasteiger partial charge in [-0.25, -0.2) is 0 Å². The van der Waals surface area contributed by atoms with Crippen LogP contribution in [-0.2, 0) is 16.1 Å². The second-order valence-corrected chi connectivity index (χ2v) is 6.41. The molecule has 0 aliphatic carbocycles. The minimum absolute atomic E-state index is 0.0681. The maximum atomic E-state index is 12.1. The third-order valence-electron chi connectivity index (χ3n) is 4.08. The van der Waals surface area contributed by atoms with Gasteiger partial charge in [-0.1, -0.05) is 42.0 Å². The van der Waals surface area contributed by atoms with Gasteiger partial charge in [0.2, 0.25) is 11.8 Å². The highest BCUT2D eigenvalue weighted by Gasteiger charge is 2.10. The Labute approximate surface area is 163 Å². The molecule has 0 radical (unpaired) electrons. The largest absolute Gasteiger partial charge is 0.368 e. The number of hydrogen-bond donors (Lipinski definition) is 3. The number of amides is 3. The average molecular weight is 381 g/mol. The Hall–Kier alpha value is -3.48. The predicted octanol–water partition coefficient (Wildman–Crippen LogP) is 1.49. The number of carbonyl (C=O) groups excluding carboxylic acids is 4. The number of ketones is 1. The smallest absolute Gasteiger partial charge is 0.251 e. The van der Waals surface area contributed by atoms with Crippen molar-refractivity contribution in [3.63, 3.8) is 0 Å². The number of carbonyl (C=O) groups is 4. The quantitative estimate of drug-likeness (QED) is 0.570. The molecule has 0 aliphatic heterocycles. The number of benzene rings is 2. The molecule has 3 amide bonds. The predicted molar refractivity (Wildman–Crippen MR) is 105 cm³/mol. The fraction of sp³-hybridized carbons (Fsp3) is 0.238. The molecule has 0 saturated heterocycles. The Morgan fingerprint density at radius 3 is 2.04 bits per heavy atom. The van der Waals surface area contributed by atoms with E-state index in [1.807, 2.05) is 19.1 Å². The fourth-order valence-corrected chi connectivity index (χ4v) is 2.44. The van der Waals surface area contributed by atoms with Crippen molar-refractivity contribution in [2.75, 3.05) is 6.54 Å². The monoisotopic (exact) mass is 381 g/mol. The fourth-order valence-electron chi connectivity index (χ4n) is 2.44. The Morgan fingerprint density at radius 1 is 0.821 bits per heavy atom. The van der Waals surface area contributed by atoms with Gasteiger partial charge in [0.1, 0.15) is 0 Å². The molecule has 0 spiro atoms. The Bertz CT molecular complexity index is 858. The van der Waals surface area contributed by atoms with Gasteiger partial charge in [-0.15, -0.1) is 0 Å². The molecule has 0 unspecified atom stereocenters. The van der Waals surface area contributed by atoms with Crippen LogP contribution in [0.15, 0.2) is 48.5 Å². The minimum Gasteiger partial charge on any atom is -0.368 e. The van der Waals surface area contributed by atoms with Crippen LogP contribution in [0.1, 0.15) is 44.7 Å². The topological polar surface area (TPSA) is 118 Å². The van der Waals surface area contributed by atoms with Crippen LogP contribution in [0.25, 0.3) is 0 Å². The van der Waals surface area contributed by atoms with E-state index in [0.717, 1.165) is 11.1 Å². The van der Waals surface area contributed by atoms with Crippen molar-refractivity contribution in [1.82, 2.24) is 10.6 Å². The molecule has 4 N–H and O–H groups in total. The summed E-state index contributed by atoms with van der Waals surface area (Å²) in [6.45, 7) is 2.01. The van der Waals surface area contributed by atoms with Crippen LogP contribution in [0.3, 0.4) is 0 Å². The highest BCUT2D eigenvalue weighted by atomic mass is 16.2. The molecular weight excluding hydrogens is 358 g/mol. The maximum absolute atomic E-state index is 12.1. The lowest BCUT2D eigenvalue weighted by Crippen LogP contribution is -2.33. The molecule has 7 heteroatoms. The van der Waals surface area contributed by atoms with Gasteiger partial charge in [-0.2, -0.15) is 0 Å². The first-order valence-corrected chi connectivity index (χ1v) is 8.87. The molecule has 2 aromatic rings. The lowest BCUT2D eigenvalue weighted by molar-refractivity contribution is -0.121. The highest BCUT2D eigenvalue weighted by Crippen LogP contribution is 2.08. The molecular formula is C21H23N3O4. The van der Waals surface area contributed by atoms with E-state index in [-0.39, 0.29) is 31.1 Å². The summed E-state index contributed by atoms with van der Waals surface area (Å²) in [5, 5.41) is 5.15. The summed E-state index contributed by atoms with van der Waals surface area (Å²) in [5.41, 5.74) is 7.85. The molecule has 7 nitrogen and oxygen atoms in total. The van der Waals surface area contributed by atoms with Crippen LogP contribution < -0.4 is 16.4 Å². The van der Waals surface area contributed by atoms with Crippen LogP contribution in [-0.4, -0.2) is 30.0 Å². The number of nitrogens with one attached hydrogen (secondary N) is 2. The van der Waals surface area contributed by atoms with Gasteiger partial charge >= 0.3 is 0 Å². The van der Waals surface area contributed by atoms with Gasteiger partial charge in [-0.3, -0.25) is 19.2 Å². The second kappa shape index (κ2) is 10.0. The Kier molecular flexibility index (Phi) is 7.45. The molecule has 0 saturated carbocycles. The summed E-state index contributed by atoms with van der Waals surface area (Å²) in [4.78, 5) is 46.5. The molecule has 0 fully saturated rings. The van der Waals surface area contributed by atoms with Gasteiger partial charge in [0.15, 0.2) is 5.78 Å². The van der Waals surface area contributed by atoms with Crippen molar-refractivity contribution in [2.24, 2.45) is 5.73 Å². The van der Waals surface area contributed by atoms with E-state index in [9.17, 15) is 19.2 Å². The van der Waals surface area contributed by atoms with E-state index in [0.29, 0.717) is 17.7 Å². The molecule has 0 atom stereocenters. The van der Waals surface area contributed by atoms with E-state index in [2.05, 4.69) is 10.6 Å². The zero-order chi connectivity index (χ0) is 20.5. The van der Waals surface area contributed by atoms with E-state index in [1.165, 1.54) is 0 Å². The highest BCUT2D eigenvalue weighted by molar-refractivity contribution is 5.98.